The molecule has 2 amide bonds. The number of nitrogens with zero attached hydrogens (tertiary/aromatic N) is 1. The van der Waals surface area contributed by atoms with Crippen molar-refractivity contribution in [1.29, 1.82) is 0 Å². The Labute approximate surface area is 152 Å². The highest BCUT2D eigenvalue weighted by atomic mass is 16.5. The molecule has 0 radical (unpaired) electrons. The first-order valence-corrected chi connectivity index (χ1v) is 8.10. The van der Waals surface area contributed by atoms with Gasteiger partial charge in [0, 0.05) is 11.1 Å². The first-order valence-electron chi connectivity index (χ1n) is 8.10. The molecule has 7 nitrogen and oxygen atoms in total. The second-order valence-electron chi connectivity index (χ2n) is 5.18. The van der Waals surface area contributed by atoms with Gasteiger partial charge in [-0.25, -0.2) is 5.43 Å². The molecule has 0 unspecified atom stereocenters. The van der Waals surface area contributed by atoms with Gasteiger partial charge in [0.15, 0.2) is 0 Å². The van der Waals surface area contributed by atoms with Gasteiger partial charge in [0.25, 0.3) is 11.8 Å². The van der Waals surface area contributed by atoms with Crippen LogP contribution in [0, 0.1) is 0 Å². The monoisotopic (exact) mass is 355 g/mol. The summed E-state index contributed by atoms with van der Waals surface area (Å²) in [5, 5.41) is 6.41. The Bertz CT molecular complexity index is 790. The standard InChI is InChI=1S/C19H21N3O4/c1-3-26-17-10-5-4-7-15(17)12-21-22-18(23)13-20-19(24)14-8-6-9-16(11-14)25-2/h4-12H,3,13H2,1-2H3,(H,20,24)(H,22,23)/b21-12-. The van der Waals surface area contributed by atoms with E-state index in [1.807, 2.05) is 31.2 Å². The molecule has 0 aliphatic heterocycles. The fraction of sp³-hybridized carbons (Fsp3) is 0.211. The van der Waals surface area contributed by atoms with E-state index in [2.05, 4.69) is 15.8 Å². The highest BCUT2D eigenvalue weighted by molar-refractivity contribution is 5.96. The van der Waals surface area contributed by atoms with Gasteiger partial charge in [0.2, 0.25) is 0 Å². The molecule has 136 valence electrons. The summed E-state index contributed by atoms with van der Waals surface area (Å²) in [6, 6.07) is 14.0. The van der Waals surface area contributed by atoms with Crippen LogP contribution in [0.4, 0.5) is 0 Å². The predicted molar refractivity (Wildman–Crippen MR) is 98.7 cm³/mol. The number of nitrogens with one attached hydrogen (secondary N) is 2. The molecule has 0 bridgehead atoms. The van der Waals surface area contributed by atoms with E-state index >= 15 is 0 Å². The average Bonchev–Trinajstić information content (AvgIpc) is 2.67. The maximum atomic E-state index is 12.0. The Morgan fingerprint density at radius 1 is 1.15 bits per heavy atom. The van der Waals surface area contributed by atoms with Crippen LogP contribution in [0.3, 0.4) is 0 Å². The lowest BCUT2D eigenvalue weighted by Gasteiger charge is -2.07. The van der Waals surface area contributed by atoms with Crippen LogP contribution < -0.4 is 20.2 Å². The molecule has 0 aromatic heterocycles. The van der Waals surface area contributed by atoms with E-state index in [-0.39, 0.29) is 12.5 Å². The van der Waals surface area contributed by atoms with Crippen molar-refractivity contribution < 1.29 is 19.1 Å². The Kier molecular flexibility index (Phi) is 7.17. The molecular weight excluding hydrogens is 334 g/mol. The molecule has 7 heteroatoms. The quantitative estimate of drug-likeness (QED) is 0.560. The van der Waals surface area contributed by atoms with Crippen LogP contribution in [0.1, 0.15) is 22.8 Å². The normalized spacial score (nSPS) is 10.4. The smallest absolute Gasteiger partial charge is 0.259 e. The minimum Gasteiger partial charge on any atom is -0.497 e. The van der Waals surface area contributed by atoms with Crippen LogP contribution in [0.5, 0.6) is 11.5 Å². The number of para-hydroxylation sites is 1. The molecule has 0 spiro atoms. The van der Waals surface area contributed by atoms with Gasteiger partial charge in [-0.2, -0.15) is 5.10 Å². The van der Waals surface area contributed by atoms with E-state index in [1.165, 1.54) is 13.3 Å². The summed E-state index contributed by atoms with van der Waals surface area (Å²) in [6.07, 6.45) is 1.49. The molecule has 2 aromatic carbocycles. The van der Waals surface area contributed by atoms with E-state index in [4.69, 9.17) is 9.47 Å². The summed E-state index contributed by atoms with van der Waals surface area (Å²) >= 11 is 0. The summed E-state index contributed by atoms with van der Waals surface area (Å²) in [6.45, 7) is 2.23. The van der Waals surface area contributed by atoms with Crippen molar-refractivity contribution in [2.45, 2.75) is 6.92 Å². The number of ether oxygens (including phenoxy) is 2. The molecular formula is C19H21N3O4. The van der Waals surface area contributed by atoms with Crippen LogP contribution in [0.15, 0.2) is 53.6 Å². The van der Waals surface area contributed by atoms with E-state index < -0.39 is 5.91 Å². The minimum atomic E-state index is -0.439. The van der Waals surface area contributed by atoms with E-state index in [0.29, 0.717) is 23.7 Å². The zero-order chi connectivity index (χ0) is 18.8. The molecule has 2 aromatic rings. The second-order valence-corrected chi connectivity index (χ2v) is 5.18. The Morgan fingerprint density at radius 3 is 2.73 bits per heavy atom. The van der Waals surface area contributed by atoms with Crippen molar-refractivity contribution in [2.75, 3.05) is 20.3 Å². The van der Waals surface area contributed by atoms with E-state index in [9.17, 15) is 9.59 Å². The van der Waals surface area contributed by atoms with Gasteiger partial charge in [-0.1, -0.05) is 18.2 Å². The molecule has 0 heterocycles. The topological polar surface area (TPSA) is 89.0 Å². The zero-order valence-electron chi connectivity index (χ0n) is 14.7. The lowest BCUT2D eigenvalue weighted by atomic mass is 10.2. The first-order chi connectivity index (χ1) is 12.6. The molecule has 0 atom stereocenters. The Hall–Kier alpha value is -3.35. The lowest BCUT2D eigenvalue weighted by molar-refractivity contribution is -0.120. The fourth-order valence-electron chi connectivity index (χ4n) is 2.11. The van der Waals surface area contributed by atoms with Gasteiger partial charge in [-0.05, 0) is 37.3 Å². The van der Waals surface area contributed by atoms with Gasteiger partial charge in [0.1, 0.15) is 11.5 Å². The highest BCUT2D eigenvalue weighted by Crippen LogP contribution is 2.15. The third kappa shape index (κ3) is 5.62. The molecule has 0 fully saturated rings. The van der Waals surface area contributed by atoms with Crippen molar-refractivity contribution in [2.24, 2.45) is 5.10 Å². The number of amides is 2. The fourth-order valence-corrected chi connectivity index (χ4v) is 2.11. The van der Waals surface area contributed by atoms with Gasteiger partial charge in [-0.15, -0.1) is 0 Å². The number of hydrazone groups is 1. The number of rotatable bonds is 8. The van der Waals surface area contributed by atoms with Crippen molar-refractivity contribution >= 4 is 18.0 Å². The summed E-state index contributed by atoms with van der Waals surface area (Å²) < 4.78 is 10.5. The molecule has 0 aliphatic carbocycles. The third-order valence-corrected chi connectivity index (χ3v) is 3.35. The van der Waals surface area contributed by atoms with Crippen molar-refractivity contribution in [3.63, 3.8) is 0 Å². The van der Waals surface area contributed by atoms with Crippen LogP contribution in [0.2, 0.25) is 0 Å². The molecule has 2 N–H and O–H groups in total. The maximum Gasteiger partial charge on any atom is 0.259 e. The summed E-state index contributed by atoms with van der Waals surface area (Å²) in [4.78, 5) is 23.8. The highest BCUT2D eigenvalue weighted by Gasteiger charge is 2.08. The summed E-state index contributed by atoms with van der Waals surface area (Å²) in [5.74, 6) is 0.440. The maximum absolute atomic E-state index is 12.0. The predicted octanol–water partition coefficient (Wildman–Crippen LogP) is 1.97. The van der Waals surface area contributed by atoms with E-state index in [1.54, 1.807) is 24.3 Å². The molecule has 0 aliphatic rings. The van der Waals surface area contributed by atoms with Gasteiger partial charge >= 0.3 is 0 Å². The number of hydrogen-bond acceptors (Lipinski definition) is 5. The van der Waals surface area contributed by atoms with Crippen LogP contribution in [-0.4, -0.2) is 38.3 Å². The van der Waals surface area contributed by atoms with Crippen LogP contribution in [-0.2, 0) is 4.79 Å². The number of methoxy groups -OCH3 is 1. The van der Waals surface area contributed by atoms with Gasteiger partial charge < -0.3 is 14.8 Å². The van der Waals surface area contributed by atoms with E-state index in [0.717, 1.165) is 5.56 Å². The van der Waals surface area contributed by atoms with Crippen molar-refractivity contribution in [3.05, 3.63) is 59.7 Å². The summed E-state index contributed by atoms with van der Waals surface area (Å²) in [5.41, 5.74) is 3.52. The van der Waals surface area contributed by atoms with Crippen molar-refractivity contribution in [3.8, 4) is 11.5 Å². The average molecular weight is 355 g/mol. The first kappa shape index (κ1) is 19.0. The number of benzene rings is 2. The summed E-state index contributed by atoms with van der Waals surface area (Å²) in [7, 11) is 1.52. The van der Waals surface area contributed by atoms with Gasteiger partial charge in [-0.3, -0.25) is 9.59 Å². The zero-order valence-corrected chi connectivity index (χ0v) is 14.7. The minimum absolute atomic E-state index is 0.194. The van der Waals surface area contributed by atoms with Crippen LogP contribution in [0.25, 0.3) is 0 Å². The Morgan fingerprint density at radius 2 is 1.96 bits per heavy atom. The number of carbonyl (C=O) groups is 2. The second kappa shape index (κ2) is 9.83. The molecule has 0 saturated heterocycles. The number of hydrogen-bond donors (Lipinski definition) is 2. The van der Waals surface area contributed by atoms with Crippen LogP contribution >= 0.6 is 0 Å². The van der Waals surface area contributed by atoms with Crippen molar-refractivity contribution in [1.82, 2.24) is 10.7 Å². The molecule has 2 rings (SSSR count). The lowest BCUT2D eigenvalue weighted by Crippen LogP contribution is -2.34. The molecule has 26 heavy (non-hydrogen) atoms. The Balaban J connectivity index is 1.84. The number of carbonyl (C=O) groups excluding carboxylic acids is 2. The van der Waals surface area contributed by atoms with Gasteiger partial charge in [0.05, 0.1) is 26.5 Å². The third-order valence-electron chi connectivity index (χ3n) is 3.35. The SMILES string of the molecule is CCOc1ccccc1/C=N\NC(=O)CNC(=O)c1cccc(OC)c1. The largest absolute Gasteiger partial charge is 0.497 e. The molecule has 0 saturated carbocycles.